The third kappa shape index (κ3) is 4.75. The Balaban J connectivity index is 1.57. The van der Waals surface area contributed by atoms with Crippen molar-refractivity contribution in [3.05, 3.63) is 59.7 Å². The van der Waals surface area contributed by atoms with Gasteiger partial charge in [-0.25, -0.2) is 4.79 Å². The van der Waals surface area contributed by atoms with E-state index in [1.807, 2.05) is 23.2 Å². The summed E-state index contributed by atoms with van der Waals surface area (Å²) in [6, 6.07) is 15.9. The summed E-state index contributed by atoms with van der Waals surface area (Å²) in [6.07, 6.45) is 1.73. The first-order valence-electron chi connectivity index (χ1n) is 8.66. The van der Waals surface area contributed by atoms with Crippen molar-refractivity contribution >= 4 is 17.9 Å². The van der Waals surface area contributed by atoms with Crippen LogP contribution in [0.15, 0.2) is 53.6 Å². The van der Waals surface area contributed by atoms with Crippen LogP contribution in [0, 0.1) is 6.92 Å². The SMILES string of the molecule is Cc1ccc(N2CCN(/N=C/c3ccccc3OCC(=O)O)CC2)cc1. The Kier molecular flexibility index (Phi) is 5.73. The van der Waals surface area contributed by atoms with Gasteiger partial charge >= 0.3 is 5.97 Å². The van der Waals surface area contributed by atoms with Crippen LogP contribution in [-0.2, 0) is 4.79 Å². The lowest BCUT2D eigenvalue weighted by Gasteiger charge is -2.34. The number of aryl methyl sites for hydroxylation is 1. The van der Waals surface area contributed by atoms with Gasteiger partial charge in [0.2, 0.25) is 0 Å². The number of nitrogens with zero attached hydrogens (tertiary/aromatic N) is 3. The lowest BCUT2D eigenvalue weighted by molar-refractivity contribution is -0.139. The summed E-state index contributed by atoms with van der Waals surface area (Å²) in [5.41, 5.74) is 3.28. The largest absolute Gasteiger partial charge is 0.481 e. The third-order valence-electron chi connectivity index (χ3n) is 4.29. The predicted octanol–water partition coefficient (Wildman–Crippen LogP) is 2.61. The van der Waals surface area contributed by atoms with Gasteiger partial charge in [0.15, 0.2) is 6.61 Å². The van der Waals surface area contributed by atoms with Gasteiger partial charge in [-0.1, -0.05) is 29.8 Å². The van der Waals surface area contributed by atoms with Crippen molar-refractivity contribution in [2.24, 2.45) is 5.10 Å². The molecule has 1 aliphatic rings. The molecule has 1 fully saturated rings. The fraction of sp³-hybridized carbons (Fsp3) is 0.300. The molecule has 136 valence electrons. The second-order valence-corrected chi connectivity index (χ2v) is 6.24. The summed E-state index contributed by atoms with van der Waals surface area (Å²) in [5.74, 6) is -0.471. The van der Waals surface area contributed by atoms with Crippen LogP contribution in [0.1, 0.15) is 11.1 Å². The lowest BCUT2D eigenvalue weighted by Crippen LogP contribution is -2.44. The van der Waals surface area contributed by atoms with Gasteiger partial charge in [-0.15, -0.1) is 0 Å². The normalized spacial score (nSPS) is 14.7. The smallest absolute Gasteiger partial charge is 0.341 e. The number of anilines is 1. The van der Waals surface area contributed by atoms with E-state index in [1.165, 1.54) is 11.3 Å². The molecule has 1 heterocycles. The number of carboxylic acids is 1. The molecule has 6 heteroatoms. The maximum Gasteiger partial charge on any atom is 0.341 e. The molecular formula is C20H23N3O3. The second kappa shape index (κ2) is 8.38. The highest BCUT2D eigenvalue weighted by Gasteiger charge is 2.15. The van der Waals surface area contributed by atoms with Crippen molar-refractivity contribution in [1.82, 2.24) is 5.01 Å². The van der Waals surface area contributed by atoms with Crippen molar-refractivity contribution in [2.75, 3.05) is 37.7 Å². The monoisotopic (exact) mass is 353 g/mol. The minimum Gasteiger partial charge on any atom is -0.481 e. The van der Waals surface area contributed by atoms with Gasteiger partial charge in [-0.05, 0) is 31.2 Å². The molecule has 0 amide bonds. The first-order chi connectivity index (χ1) is 12.6. The zero-order chi connectivity index (χ0) is 18.4. The van der Waals surface area contributed by atoms with Crippen LogP contribution >= 0.6 is 0 Å². The zero-order valence-corrected chi connectivity index (χ0v) is 14.8. The maximum absolute atomic E-state index is 10.7. The van der Waals surface area contributed by atoms with Crippen molar-refractivity contribution in [1.29, 1.82) is 0 Å². The highest BCUT2D eigenvalue weighted by Crippen LogP contribution is 2.18. The number of hydrogen-bond donors (Lipinski definition) is 1. The summed E-state index contributed by atoms with van der Waals surface area (Å²) in [7, 11) is 0. The molecule has 1 N–H and O–H groups in total. The topological polar surface area (TPSA) is 65.4 Å². The number of ether oxygens (including phenoxy) is 1. The second-order valence-electron chi connectivity index (χ2n) is 6.24. The lowest BCUT2D eigenvalue weighted by atomic mass is 10.2. The highest BCUT2D eigenvalue weighted by atomic mass is 16.5. The minimum atomic E-state index is -0.996. The molecule has 6 nitrogen and oxygen atoms in total. The van der Waals surface area contributed by atoms with Crippen molar-refractivity contribution in [2.45, 2.75) is 6.92 Å². The van der Waals surface area contributed by atoms with Crippen LogP contribution in [0.3, 0.4) is 0 Å². The van der Waals surface area contributed by atoms with Crippen LogP contribution in [0.25, 0.3) is 0 Å². The molecule has 2 aromatic rings. The molecule has 2 aromatic carbocycles. The summed E-state index contributed by atoms with van der Waals surface area (Å²) in [5, 5.41) is 15.3. The van der Waals surface area contributed by atoms with Crippen LogP contribution in [0.2, 0.25) is 0 Å². The van der Waals surface area contributed by atoms with Crippen LogP contribution < -0.4 is 9.64 Å². The van der Waals surface area contributed by atoms with Gasteiger partial charge in [0.1, 0.15) is 5.75 Å². The van der Waals surface area contributed by atoms with E-state index >= 15 is 0 Å². The van der Waals surface area contributed by atoms with Gasteiger partial charge in [0.05, 0.1) is 19.3 Å². The molecule has 0 aromatic heterocycles. The van der Waals surface area contributed by atoms with Gasteiger partial charge in [-0.3, -0.25) is 5.01 Å². The molecule has 0 saturated carbocycles. The maximum atomic E-state index is 10.7. The number of aliphatic carboxylic acids is 1. The van der Waals surface area contributed by atoms with Crippen molar-refractivity contribution in [3.63, 3.8) is 0 Å². The average Bonchev–Trinajstić information content (AvgIpc) is 2.66. The third-order valence-corrected chi connectivity index (χ3v) is 4.29. The Morgan fingerprint density at radius 3 is 2.50 bits per heavy atom. The van der Waals surface area contributed by atoms with Gasteiger partial charge < -0.3 is 14.7 Å². The zero-order valence-electron chi connectivity index (χ0n) is 14.8. The molecular weight excluding hydrogens is 330 g/mol. The summed E-state index contributed by atoms with van der Waals surface area (Å²) < 4.78 is 5.31. The molecule has 0 unspecified atom stereocenters. The van der Waals surface area contributed by atoms with Crippen molar-refractivity contribution in [3.8, 4) is 5.75 Å². The molecule has 0 aliphatic carbocycles. The molecule has 0 bridgehead atoms. The Hall–Kier alpha value is -3.02. The van der Waals surface area contributed by atoms with Crippen LogP contribution in [-0.4, -0.2) is 55.1 Å². The number of carboxylic acid groups (broad SMARTS) is 1. The number of piperazine rings is 1. The Labute approximate surface area is 153 Å². The Morgan fingerprint density at radius 1 is 1.12 bits per heavy atom. The van der Waals surface area contributed by atoms with E-state index in [0.717, 1.165) is 31.7 Å². The Morgan fingerprint density at radius 2 is 1.81 bits per heavy atom. The average molecular weight is 353 g/mol. The predicted molar refractivity (Wildman–Crippen MR) is 102 cm³/mol. The van der Waals surface area contributed by atoms with E-state index in [1.54, 1.807) is 12.3 Å². The number of hydrogen-bond acceptors (Lipinski definition) is 5. The standard InChI is InChI=1S/C20H23N3O3/c1-16-6-8-18(9-7-16)22-10-12-23(13-11-22)21-14-17-4-2-3-5-19(17)26-15-20(24)25/h2-9,14H,10-13,15H2,1H3,(H,24,25)/b21-14+. The first kappa shape index (κ1) is 17.8. The number of hydrazone groups is 1. The van der Waals surface area contributed by atoms with Gasteiger partial charge in [0, 0.05) is 24.3 Å². The molecule has 0 radical (unpaired) electrons. The van der Waals surface area contributed by atoms with E-state index in [4.69, 9.17) is 9.84 Å². The number of para-hydroxylation sites is 1. The number of rotatable bonds is 6. The first-order valence-corrected chi connectivity index (χ1v) is 8.66. The summed E-state index contributed by atoms with van der Waals surface area (Å²) in [6.45, 7) is 5.23. The fourth-order valence-corrected chi connectivity index (χ4v) is 2.83. The van der Waals surface area contributed by atoms with Crippen LogP contribution in [0.4, 0.5) is 5.69 Å². The molecule has 0 atom stereocenters. The summed E-state index contributed by atoms with van der Waals surface area (Å²) >= 11 is 0. The van der Waals surface area contributed by atoms with Crippen LogP contribution in [0.5, 0.6) is 5.75 Å². The van der Waals surface area contributed by atoms with Gasteiger partial charge in [0.25, 0.3) is 0 Å². The van der Waals surface area contributed by atoms with E-state index in [2.05, 4.69) is 41.2 Å². The minimum absolute atomic E-state index is 0.361. The molecule has 1 aliphatic heterocycles. The van der Waals surface area contributed by atoms with Crippen molar-refractivity contribution < 1.29 is 14.6 Å². The van der Waals surface area contributed by atoms with E-state index in [-0.39, 0.29) is 6.61 Å². The quantitative estimate of drug-likeness (QED) is 0.809. The molecule has 26 heavy (non-hydrogen) atoms. The molecule has 3 rings (SSSR count). The van der Waals surface area contributed by atoms with E-state index < -0.39 is 5.97 Å². The highest BCUT2D eigenvalue weighted by molar-refractivity contribution is 5.83. The fourth-order valence-electron chi connectivity index (χ4n) is 2.83. The summed E-state index contributed by atoms with van der Waals surface area (Å²) in [4.78, 5) is 13.0. The van der Waals surface area contributed by atoms with E-state index in [9.17, 15) is 4.79 Å². The molecule has 0 spiro atoms. The molecule has 1 saturated heterocycles. The number of carbonyl (C=O) groups is 1. The van der Waals surface area contributed by atoms with E-state index in [0.29, 0.717) is 5.75 Å². The Bertz CT molecular complexity index is 766. The van der Waals surface area contributed by atoms with Gasteiger partial charge in [-0.2, -0.15) is 5.10 Å². The number of benzene rings is 2.